The van der Waals surface area contributed by atoms with Gasteiger partial charge < -0.3 is 19.7 Å². The zero-order valence-electron chi connectivity index (χ0n) is 16.2. The summed E-state index contributed by atoms with van der Waals surface area (Å²) in [5.74, 6) is 0.229. The molecule has 7 nitrogen and oxygen atoms in total. The normalized spacial score (nSPS) is 10.6. The Morgan fingerprint density at radius 1 is 1.29 bits per heavy atom. The minimum Gasteiger partial charge on any atom is -0.486 e. The van der Waals surface area contributed by atoms with Crippen LogP contribution in [0, 0.1) is 6.92 Å². The highest BCUT2D eigenvalue weighted by Gasteiger charge is 2.20. The van der Waals surface area contributed by atoms with Crippen molar-refractivity contribution in [3.63, 3.8) is 0 Å². The molecule has 0 bridgehead atoms. The molecule has 28 heavy (non-hydrogen) atoms. The number of amides is 2. The topological polar surface area (TPSA) is 80.8 Å². The maximum absolute atomic E-state index is 12.6. The van der Waals surface area contributed by atoms with Crippen molar-refractivity contribution in [2.75, 3.05) is 33.9 Å². The number of benzene rings is 1. The van der Waals surface area contributed by atoms with Gasteiger partial charge in [0.15, 0.2) is 0 Å². The number of likely N-dealkylation sites (N-methyl/N-ethyl adjacent to an activating group) is 1. The number of carbonyl (C=O) groups excluding carboxylic acids is 2. The van der Waals surface area contributed by atoms with Gasteiger partial charge >= 0.3 is 0 Å². The second-order valence-corrected chi connectivity index (χ2v) is 7.64. The lowest BCUT2D eigenvalue weighted by atomic mass is 10.3. The average molecular weight is 426 g/mol. The molecular weight excluding hydrogens is 402 g/mol. The van der Waals surface area contributed by atoms with Crippen molar-refractivity contribution >= 4 is 34.8 Å². The first kappa shape index (κ1) is 22.1. The van der Waals surface area contributed by atoms with Crippen LogP contribution in [0.5, 0.6) is 5.75 Å². The van der Waals surface area contributed by atoms with Crippen LogP contribution in [0.15, 0.2) is 24.3 Å². The van der Waals surface area contributed by atoms with Crippen LogP contribution in [-0.4, -0.2) is 55.6 Å². The van der Waals surface area contributed by atoms with Gasteiger partial charge in [0.25, 0.3) is 5.91 Å². The van der Waals surface area contributed by atoms with Gasteiger partial charge in [-0.25, -0.2) is 4.98 Å². The molecular formula is C19H24ClN3O4S. The summed E-state index contributed by atoms with van der Waals surface area (Å²) in [6.45, 7) is 3.11. The van der Waals surface area contributed by atoms with Crippen molar-refractivity contribution in [1.29, 1.82) is 0 Å². The average Bonchev–Trinajstić information content (AvgIpc) is 3.04. The van der Waals surface area contributed by atoms with E-state index < -0.39 is 0 Å². The molecule has 0 atom stereocenters. The number of thiazole rings is 1. The molecule has 0 unspecified atom stereocenters. The SMILES string of the molecule is COCCCNC(=O)CN(C)C(=O)c1sc(COc2ccc(Cl)cc2)nc1C. The monoisotopic (exact) mass is 425 g/mol. The third kappa shape index (κ3) is 6.78. The number of carbonyl (C=O) groups is 2. The van der Waals surface area contributed by atoms with Gasteiger partial charge in [0.2, 0.25) is 5.91 Å². The third-order valence-corrected chi connectivity index (χ3v) is 5.16. The van der Waals surface area contributed by atoms with E-state index in [9.17, 15) is 9.59 Å². The Morgan fingerprint density at radius 3 is 2.68 bits per heavy atom. The van der Waals surface area contributed by atoms with E-state index >= 15 is 0 Å². The van der Waals surface area contributed by atoms with E-state index in [0.717, 1.165) is 6.42 Å². The van der Waals surface area contributed by atoms with Crippen LogP contribution in [0.4, 0.5) is 0 Å². The number of halogens is 1. The molecule has 0 spiro atoms. The fourth-order valence-electron chi connectivity index (χ4n) is 2.35. The lowest BCUT2D eigenvalue weighted by Crippen LogP contribution is -2.38. The maximum atomic E-state index is 12.6. The van der Waals surface area contributed by atoms with Gasteiger partial charge in [-0.3, -0.25) is 9.59 Å². The molecule has 1 aromatic carbocycles. The number of nitrogens with one attached hydrogen (secondary N) is 1. The molecule has 0 aliphatic carbocycles. The summed E-state index contributed by atoms with van der Waals surface area (Å²) >= 11 is 7.12. The van der Waals surface area contributed by atoms with E-state index in [1.54, 1.807) is 45.3 Å². The summed E-state index contributed by atoms with van der Waals surface area (Å²) in [7, 11) is 3.21. The van der Waals surface area contributed by atoms with Crippen LogP contribution in [0.25, 0.3) is 0 Å². The fourth-order valence-corrected chi connectivity index (χ4v) is 3.45. The summed E-state index contributed by atoms with van der Waals surface area (Å²) in [4.78, 5) is 30.9. The molecule has 0 fully saturated rings. The van der Waals surface area contributed by atoms with Crippen LogP contribution >= 0.6 is 22.9 Å². The Kier molecular flexibility index (Phi) is 8.69. The van der Waals surface area contributed by atoms with Crippen LogP contribution in [0.1, 0.15) is 26.8 Å². The number of aryl methyl sites for hydroxylation is 1. The van der Waals surface area contributed by atoms with Crippen molar-refractivity contribution in [3.8, 4) is 5.75 Å². The van der Waals surface area contributed by atoms with E-state index in [0.29, 0.717) is 39.5 Å². The number of nitrogens with zero attached hydrogens (tertiary/aromatic N) is 2. The summed E-state index contributed by atoms with van der Waals surface area (Å²) in [5.41, 5.74) is 0.622. The van der Waals surface area contributed by atoms with E-state index in [-0.39, 0.29) is 25.0 Å². The molecule has 2 rings (SSSR count). The third-order valence-electron chi connectivity index (χ3n) is 3.79. The molecule has 1 heterocycles. The van der Waals surface area contributed by atoms with E-state index in [2.05, 4.69) is 10.3 Å². The standard InChI is InChI=1S/C19H24ClN3O4S/c1-13-18(19(25)23(2)11-16(24)21-9-4-10-26-3)28-17(22-13)12-27-15-7-5-14(20)6-8-15/h5-8H,4,9-12H2,1-3H3,(H,21,24). The Balaban J connectivity index is 1.88. The maximum Gasteiger partial charge on any atom is 0.266 e. The fraction of sp³-hybridized carbons (Fsp3) is 0.421. The zero-order chi connectivity index (χ0) is 20.5. The molecule has 0 saturated heterocycles. The van der Waals surface area contributed by atoms with Crippen LogP contribution in [0.2, 0.25) is 5.02 Å². The second-order valence-electron chi connectivity index (χ2n) is 6.12. The van der Waals surface area contributed by atoms with Crippen molar-refractivity contribution in [2.24, 2.45) is 0 Å². The molecule has 0 aliphatic rings. The van der Waals surface area contributed by atoms with Crippen molar-refractivity contribution in [3.05, 3.63) is 44.9 Å². The van der Waals surface area contributed by atoms with Crippen LogP contribution in [0.3, 0.4) is 0 Å². The smallest absolute Gasteiger partial charge is 0.266 e. The molecule has 1 aromatic heterocycles. The number of aromatic nitrogens is 1. The van der Waals surface area contributed by atoms with Gasteiger partial charge in [-0.05, 0) is 37.6 Å². The highest BCUT2D eigenvalue weighted by atomic mass is 35.5. The van der Waals surface area contributed by atoms with Gasteiger partial charge in [-0.1, -0.05) is 11.6 Å². The van der Waals surface area contributed by atoms with Crippen molar-refractivity contribution in [1.82, 2.24) is 15.2 Å². The molecule has 2 amide bonds. The largest absolute Gasteiger partial charge is 0.486 e. The molecule has 152 valence electrons. The summed E-state index contributed by atoms with van der Waals surface area (Å²) in [6.07, 6.45) is 0.727. The lowest BCUT2D eigenvalue weighted by Gasteiger charge is -2.16. The highest BCUT2D eigenvalue weighted by Crippen LogP contribution is 2.22. The van der Waals surface area contributed by atoms with E-state index in [4.69, 9.17) is 21.1 Å². The highest BCUT2D eigenvalue weighted by molar-refractivity contribution is 7.13. The predicted molar refractivity (Wildman–Crippen MR) is 109 cm³/mol. The van der Waals surface area contributed by atoms with Crippen molar-refractivity contribution < 1.29 is 19.1 Å². The Hall–Kier alpha value is -2.16. The number of ether oxygens (including phenoxy) is 2. The minimum absolute atomic E-state index is 0.0141. The molecule has 0 aliphatic heterocycles. The van der Waals surface area contributed by atoms with Crippen molar-refractivity contribution in [2.45, 2.75) is 20.0 Å². The second kappa shape index (κ2) is 11.0. The van der Waals surface area contributed by atoms with Gasteiger partial charge in [-0.15, -0.1) is 11.3 Å². The quantitative estimate of drug-likeness (QED) is 0.592. The first-order valence-electron chi connectivity index (χ1n) is 8.76. The number of hydrogen-bond donors (Lipinski definition) is 1. The first-order valence-corrected chi connectivity index (χ1v) is 9.96. The molecule has 9 heteroatoms. The van der Waals surface area contributed by atoms with E-state index in [1.165, 1.54) is 16.2 Å². The predicted octanol–water partition coefficient (Wildman–Crippen LogP) is 2.91. The van der Waals surface area contributed by atoms with Gasteiger partial charge in [0.05, 0.1) is 12.2 Å². The Morgan fingerprint density at radius 2 is 2.00 bits per heavy atom. The van der Waals surface area contributed by atoms with Gasteiger partial charge in [0, 0.05) is 32.3 Å². The minimum atomic E-state index is -0.236. The number of methoxy groups -OCH3 is 1. The molecule has 2 aromatic rings. The van der Waals surface area contributed by atoms with Crippen LogP contribution < -0.4 is 10.1 Å². The van der Waals surface area contributed by atoms with Gasteiger partial charge in [-0.2, -0.15) is 0 Å². The zero-order valence-corrected chi connectivity index (χ0v) is 17.7. The summed E-state index contributed by atoms with van der Waals surface area (Å²) < 4.78 is 10.6. The molecule has 0 radical (unpaired) electrons. The Labute approximate surface area is 173 Å². The lowest BCUT2D eigenvalue weighted by molar-refractivity contribution is -0.121. The summed E-state index contributed by atoms with van der Waals surface area (Å²) in [6, 6.07) is 7.03. The molecule has 0 saturated carbocycles. The summed E-state index contributed by atoms with van der Waals surface area (Å²) in [5, 5.41) is 4.09. The van der Waals surface area contributed by atoms with Crippen LogP contribution in [-0.2, 0) is 16.1 Å². The Bertz CT molecular complexity index is 795. The molecule has 1 N–H and O–H groups in total. The van der Waals surface area contributed by atoms with E-state index in [1.807, 2.05) is 0 Å². The first-order chi connectivity index (χ1) is 13.4. The number of hydrogen-bond acceptors (Lipinski definition) is 6. The van der Waals surface area contributed by atoms with Gasteiger partial charge in [0.1, 0.15) is 22.2 Å². The number of rotatable bonds is 10.